The Morgan fingerprint density at radius 2 is 1.87 bits per heavy atom. The largest absolute Gasteiger partial charge is 0.497 e. The summed E-state index contributed by atoms with van der Waals surface area (Å²) in [6.45, 7) is 1.76. The average Bonchev–Trinajstić information content (AvgIpc) is 3.13. The number of carbonyl (C=O) groups is 1. The molecule has 0 spiro atoms. The zero-order valence-corrected chi connectivity index (χ0v) is 18.3. The standard InChI is InChI=1S/C25H23N3O2S/c1-28-13-12-19-18(14-28)20(15-8-10-17(30-2)11-9-15)21-22(26)24(31-25(21)27-19)23(29)16-6-4-3-5-7-16/h3-11H,12-14,26H2,1-2H3. The number of aromatic nitrogens is 1. The summed E-state index contributed by atoms with van der Waals surface area (Å²) in [5.74, 6) is 0.746. The molecule has 6 heteroatoms. The van der Waals surface area contributed by atoms with Gasteiger partial charge < -0.3 is 15.4 Å². The van der Waals surface area contributed by atoms with E-state index in [4.69, 9.17) is 15.5 Å². The summed E-state index contributed by atoms with van der Waals surface area (Å²) < 4.78 is 5.34. The highest BCUT2D eigenvalue weighted by Crippen LogP contribution is 2.44. The highest BCUT2D eigenvalue weighted by Gasteiger charge is 2.27. The lowest BCUT2D eigenvalue weighted by Gasteiger charge is -2.27. The summed E-state index contributed by atoms with van der Waals surface area (Å²) in [5, 5.41) is 0.878. The molecule has 0 fully saturated rings. The van der Waals surface area contributed by atoms with Crippen molar-refractivity contribution in [3.8, 4) is 16.9 Å². The van der Waals surface area contributed by atoms with Crippen LogP contribution in [0.15, 0.2) is 54.6 Å². The van der Waals surface area contributed by atoms with E-state index in [0.29, 0.717) is 16.1 Å². The number of benzene rings is 2. The van der Waals surface area contributed by atoms with Crippen molar-refractivity contribution in [1.29, 1.82) is 0 Å². The number of likely N-dealkylation sites (N-methyl/N-ethyl adjacent to an activating group) is 1. The number of methoxy groups -OCH3 is 1. The molecule has 2 N–H and O–H groups in total. The predicted octanol–water partition coefficient (Wildman–Crippen LogP) is 4.77. The number of rotatable bonds is 4. The average molecular weight is 430 g/mol. The van der Waals surface area contributed by atoms with E-state index < -0.39 is 0 Å². The molecule has 0 radical (unpaired) electrons. The van der Waals surface area contributed by atoms with Crippen molar-refractivity contribution < 1.29 is 9.53 Å². The van der Waals surface area contributed by atoms with Gasteiger partial charge in [0.1, 0.15) is 15.5 Å². The van der Waals surface area contributed by atoms with Gasteiger partial charge in [-0.05, 0) is 30.3 Å². The van der Waals surface area contributed by atoms with Crippen LogP contribution in [0.1, 0.15) is 26.5 Å². The number of nitrogens with zero attached hydrogens (tertiary/aromatic N) is 2. The molecule has 31 heavy (non-hydrogen) atoms. The third kappa shape index (κ3) is 3.38. The van der Waals surface area contributed by atoms with Crippen molar-refractivity contribution >= 4 is 33.0 Å². The number of hydrogen-bond donors (Lipinski definition) is 1. The van der Waals surface area contributed by atoms with Gasteiger partial charge in [-0.25, -0.2) is 4.98 Å². The topological polar surface area (TPSA) is 68.4 Å². The number of ketones is 1. The van der Waals surface area contributed by atoms with Crippen molar-refractivity contribution in [1.82, 2.24) is 9.88 Å². The molecule has 0 aliphatic carbocycles. The zero-order chi connectivity index (χ0) is 21.5. The third-order valence-corrected chi connectivity index (χ3v) is 6.94. The van der Waals surface area contributed by atoms with Crippen LogP contribution >= 0.6 is 11.3 Å². The van der Waals surface area contributed by atoms with E-state index in [2.05, 4.69) is 24.1 Å². The molecule has 0 saturated heterocycles. The molecule has 2 aromatic carbocycles. The van der Waals surface area contributed by atoms with Gasteiger partial charge in [0, 0.05) is 41.7 Å². The van der Waals surface area contributed by atoms with Gasteiger partial charge >= 0.3 is 0 Å². The maximum atomic E-state index is 13.2. The molecule has 4 aromatic rings. The van der Waals surface area contributed by atoms with E-state index in [-0.39, 0.29) is 5.78 Å². The van der Waals surface area contributed by atoms with Crippen molar-refractivity contribution in [3.63, 3.8) is 0 Å². The fraction of sp³-hybridized carbons (Fsp3) is 0.200. The number of anilines is 1. The molecule has 5 rings (SSSR count). The summed E-state index contributed by atoms with van der Waals surface area (Å²) >= 11 is 1.39. The van der Waals surface area contributed by atoms with E-state index in [1.807, 2.05) is 42.5 Å². The van der Waals surface area contributed by atoms with Crippen LogP contribution in [0.4, 0.5) is 5.69 Å². The molecular formula is C25H23N3O2S. The Balaban J connectivity index is 1.77. The summed E-state index contributed by atoms with van der Waals surface area (Å²) in [6, 6.07) is 17.3. The lowest BCUT2D eigenvalue weighted by atomic mass is 9.92. The van der Waals surface area contributed by atoms with Crippen LogP contribution in [-0.4, -0.2) is 36.4 Å². The number of ether oxygens (including phenoxy) is 1. The second-order valence-corrected chi connectivity index (χ2v) is 8.85. The Morgan fingerprint density at radius 1 is 1.13 bits per heavy atom. The maximum Gasteiger partial charge on any atom is 0.205 e. The molecule has 0 amide bonds. The van der Waals surface area contributed by atoms with Crippen LogP contribution in [0.3, 0.4) is 0 Å². The molecule has 0 saturated carbocycles. The summed E-state index contributed by atoms with van der Waals surface area (Å²) in [6.07, 6.45) is 0.880. The molecule has 1 aliphatic heterocycles. The first kappa shape index (κ1) is 19.7. The predicted molar refractivity (Wildman–Crippen MR) is 126 cm³/mol. The van der Waals surface area contributed by atoms with Crippen molar-refractivity contribution in [2.45, 2.75) is 13.0 Å². The number of nitrogens with two attached hydrogens (primary N) is 1. The molecule has 5 nitrogen and oxygen atoms in total. The lowest BCUT2D eigenvalue weighted by Crippen LogP contribution is -2.27. The lowest BCUT2D eigenvalue weighted by molar-refractivity contribution is 0.104. The van der Waals surface area contributed by atoms with Gasteiger partial charge in [0.25, 0.3) is 0 Å². The zero-order valence-electron chi connectivity index (χ0n) is 17.5. The quantitative estimate of drug-likeness (QED) is 0.473. The van der Waals surface area contributed by atoms with Gasteiger partial charge in [-0.3, -0.25) is 4.79 Å². The van der Waals surface area contributed by atoms with Crippen LogP contribution < -0.4 is 10.5 Å². The van der Waals surface area contributed by atoms with Gasteiger partial charge in [0.15, 0.2) is 0 Å². The second kappa shape index (κ2) is 7.80. The van der Waals surface area contributed by atoms with Gasteiger partial charge in [0.05, 0.1) is 12.8 Å². The molecule has 0 bridgehead atoms. The number of thiophene rings is 1. The number of carbonyl (C=O) groups excluding carboxylic acids is 1. The van der Waals surface area contributed by atoms with Crippen LogP contribution in [-0.2, 0) is 13.0 Å². The van der Waals surface area contributed by atoms with Crippen molar-refractivity contribution in [2.75, 3.05) is 26.4 Å². The van der Waals surface area contributed by atoms with E-state index in [1.165, 1.54) is 16.9 Å². The Kier molecular flexibility index (Phi) is 4.96. The van der Waals surface area contributed by atoms with E-state index in [9.17, 15) is 4.79 Å². The van der Waals surface area contributed by atoms with Crippen LogP contribution in [0.25, 0.3) is 21.3 Å². The molecule has 0 atom stereocenters. The van der Waals surface area contributed by atoms with Crippen molar-refractivity contribution in [3.05, 3.63) is 76.3 Å². The van der Waals surface area contributed by atoms with Gasteiger partial charge in [-0.2, -0.15) is 0 Å². The first-order valence-electron chi connectivity index (χ1n) is 10.2. The number of pyridine rings is 1. The molecule has 0 unspecified atom stereocenters. The third-order valence-electron chi connectivity index (χ3n) is 5.84. The Bertz CT molecular complexity index is 1280. The molecule has 2 aromatic heterocycles. The monoisotopic (exact) mass is 429 g/mol. The Morgan fingerprint density at radius 3 is 2.58 bits per heavy atom. The first-order valence-corrected chi connectivity index (χ1v) is 11.0. The fourth-order valence-corrected chi connectivity index (χ4v) is 5.31. The number of nitrogen functional groups attached to an aromatic ring is 1. The summed E-state index contributed by atoms with van der Waals surface area (Å²) in [5.41, 5.74) is 12.2. The van der Waals surface area contributed by atoms with E-state index in [0.717, 1.165) is 52.3 Å². The minimum atomic E-state index is -0.0585. The van der Waals surface area contributed by atoms with Gasteiger partial charge in [-0.15, -0.1) is 11.3 Å². The first-order chi connectivity index (χ1) is 15.1. The number of hydrogen-bond acceptors (Lipinski definition) is 6. The summed E-state index contributed by atoms with van der Waals surface area (Å²) in [7, 11) is 3.78. The number of fused-ring (bicyclic) bond motifs is 2. The smallest absolute Gasteiger partial charge is 0.205 e. The molecule has 156 valence electrons. The van der Waals surface area contributed by atoms with E-state index in [1.54, 1.807) is 7.11 Å². The van der Waals surface area contributed by atoms with Crippen LogP contribution in [0.2, 0.25) is 0 Å². The maximum absolute atomic E-state index is 13.2. The minimum Gasteiger partial charge on any atom is -0.497 e. The SMILES string of the molecule is COc1ccc(-c2c3c(nc4sc(C(=O)c5ccccc5)c(N)c24)CCN(C)C3)cc1. The van der Waals surface area contributed by atoms with Gasteiger partial charge in [-0.1, -0.05) is 42.5 Å². The molecule has 1 aliphatic rings. The Hall–Kier alpha value is -3.22. The van der Waals surface area contributed by atoms with Crippen LogP contribution in [0, 0.1) is 0 Å². The molecular weight excluding hydrogens is 406 g/mol. The normalized spacial score (nSPS) is 13.9. The van der Waals surface area contributed by atoms with E-state index >= 15 is 0 Å². The second-order valence-electron chi connectivity index (χ2n) is 7.85. The fourth-order valence-electron chi connectivity index (χ4n) is 4.23. The van der Waals surface area contributed by atoms with Gasteiger partial charge in [0.2, 0.25) is 5.78 Å². The highest BCUT2D eigenvalue weighted by atomic mass is 32.1. The van der Waals surface area contributed by atoms with Crippen molar-refractivity contribution in [2.24, 2.45) is 0 Å². The Labute approximate surface area is 185 Å². The molecule has 3 heterocycles. The van der Waals surface area contributed by atoms with Crippen LogP contribution in [0.5, 0.6) is 5.75 Å². The highest BCUT2D eigenvalue weighted by molar-refractivity contribution is 7.21. The summed E-state index contributed by atoms with van der Waals surface area (Å²) in [4.78, 5) is 21.9. The minimum absolute atomic E-state index is 0.0585.